The van der Waals surface area contributed by atoms with Gasteiger partial charge >= 0.3 is 0 Å². The summed E-state index contributed by atoms with van der Waals surface area (Å²) in [7, 11) is 0. The maximum atomic E-state index is 7.34. The summed E-state index contributed by atoms with van der Waals surface area (Å²) < 4.78 is 2.39. The molecule has 0 atom stereocenters. The summed E-state index contributed by atoms with van der Waals surface area (Å²) in [5.74, 6) is 0. The zero-order chi connectivity index (χ0) is 32.0. The molecule has 0 unspecified atom stereocenters. The van der Waals surface area contributed by atoms with Crippen molar-refractivity contribution in [2.75, 3.05) is 4.90 Å². The summed E-state index contributed by atoms with van der Waals surface area (Å²) >= 11 is 0. The Hall–Kier alpha value is -6.63. The highest BCUT2D eigenvalue weighted by molar-refractivity contribution is 6.26. The van der Waals surface area contributed by atoms with E-state index in [-0.39, 0.29) is 0 Å². The van der Waals surface area contributed by atoms with E-state index >= 15 is 0 Å². The van der Waals surface area contributed by atoms with E-state index in [1.165, 1.54) is 55.0 Å². The fourth-order valence-corrected chi connectivity index (χ4v) is 7.14. The molecule has 224 valence electrons. The highest BCUT2D eigenvalue weighted by Crippen LogP contribution is 2.43. The Kier molecular flexibility index (Phi) is 6.52. The van der Waals surface area contributed by atoms with Crippen LogP contribution >= 0.6 is 0 Å². The molecule has 0 aliphatic heterocycles. The molecule has 1 heterocycles. The van der Waals surface area contributed by atoms with Crippen LogP contribution in [0.3, 0.4) is 0 Å². The largest absolute Gasteiger partial charge is 0.311 e. The molecule has 0 N–H and O–H groups in total. The van der Waals surface area contributed by atoms with Gasteiger partial charge in [-0.3, -0.25) is 0 Å². The monoisotopic (exact) mass is 611 g/mol. The highest BCUT2D eigenvalue weighted by atomic mass is 15.1. The van der Waals surface area contributed by atoms with Gasteiger partial charge in [-0.15, -0.1) is 0 Å². The van der Waals surface area contributed by atoms with Gasteiger partial charge in [0.05, 0.1) is 17.6 Å². The van der Waals surface area contributed by atoms with Gasteiger partial charge in [-0.1, -0.05) is 115 Å². The van der Waals surface area contributed by atoms with Crippen LogP contribution in [0.1, 0.15) is 0 Å². The number of rotatable bonds is 6. The van der Waals surface area contributed by atoms with Gasteiger partial charge in [0.2, 0.25) is 0 Å². The normalized spacial score (nSPS) is 11.3. The summed E-state index contributed by atoms with van der Waals surface area (Å²) in [4.78, 5) is 5.78. The Bertz CT molecular complexity index is 2580. The van der Waals surface area contributed by atoms with Crippen LogP contribution in [-0.4, -0.2) is 4.57 Å². The van der Waals surface area contributed by atoms with Gasteiger partial charge < -0.3 is 9.47 Å². The van der Waals surface area contributed by atoms with Crippen molar-refractivity contribution < 1.29 is 0 Å². The Morgan fingerprint density at radius 3 is 1.71 bits per heavy atom. The van der Waals surface area contributed by atoms with Gasteiger partial charge in [-0.25, -0.2) is 4.85 Å². The molecule has 0 bridgehead atoms. The van der Waals surface area contributed by atoms with Gasteiger partial charge in [0.1, 0.15) is 0 Å². The van der Waals surface area contributed by atoms with Crippen LogP contribution in [-0.2, 0) is 0 Å². The molecule has 0 amide bonds. The summed E-state index contributed by atoms with van der Waals surface area (Å²) in [6.07, 6.45) is 0. The fraction of sp³-hybridized carbons (Fsp3) is 0. The number of hydrogen-bond acceptors (Lipinski definition) is 1. The van der Waals surface area contributed by atoms with Crippen LogP contribution in [0, 0.1) is 6.57 Å². The minimum atomic E-state index is 0.634. The van der Waals surface area contributed by atoms with Gasteiger partial charge in [0.15, 0.2) is 5.69 Å². The second-order valence-corrected chi connectivity index (χ2v) is 12.1. The third-order valence-electron chi connectivity index (χ3n) is 9.38. The quantitative estimate of drug-likeness (QED) is 0.135. The predicted molar refractivity (Wildman–Crippen MR) is 201 cm³/mol. The van der Waals surface area contributed by atoms with Crippen molar-refractivity contribution in [2.45, 2.75) is 0 Å². The lowest BCUT2D eigenvalue weighted by Crippen LogP contribution is -2.09. The molecule has 0 saturated heterocycles. The first-order valence-electron chi connectivity index (χ1n) is 16.1. The van der Waals surface area contributed by atoms with Crippen molar-refractivity contribution in [3.8, 4) is 27.9 Å². The van der Waals surface area contributed by atoms with Crippen LogP contribution in [0.2, 0.25) is 0 Å². The zero-order valence-corrected chi connectivity index (χ0v) is 26.1. The molecule has 0 radical (unpaired) electrons. The third-order valence-corrected chi connectivity index (χ3v) is 9.38. The molecular formula is C45H29N3. The Balaban J connectivity index is 1.08. The first kappa shape index (κ1) is 27.7. The van der Waals surface area contributed by atoms with Crippen molar-refractivity contribution in [2.24, 2.45) is 0 Å². The molecular weight excluding hydrogens is 583 g/mol. The lowest BCUT2D eigenvalue weighted by Gasteiger charge is -2.25. The van der Waals surface area contributed by atoms with E-state index in [2.05, 4.69) is 148 Å². The lowest BCUT2D eigenvalue weighted by atomic mass is 9.93. The number of aromatic nitrogens is 1. The number of nitrogens with zero attached hydrogens (tertiary/aromatic N) is 3. The van der Waals surface area contributed by atoms with E-state index in [1.807, 2.05) is 42.5 Å². The van der Waals surface area contributed by atoms with Gasteiger partial charge in [-0.05, 0) is 93.7 Å². The SMILES string of the molecule is [C-]#[N+]c1ccc(N(c2ccccc2)c2ccc(-c3ccc(-c4ccc5c6c4ccc4cccc(c46)n5-c4ccccc4)cc3)cc2)cc1. The van der Waals surface area contributed by atoms with Gasteiger partial charge in [0.25, 0.3) is 0 Å². The fourth-order valence-electron chi connectivity index (χ4n) is 7.14. The smallest absolute Gasteiger partial charge is 0.187 e. The summed E-state index contributed by atoms with van der Waals surface area (Å²) in [5.41, 5.74) is 12.2. The highest BCUT2D eigenvalue weighted by Gasteiger charge is 2.19. The minimum Gasteiger partial charge on any atom is -0.311 e. The molecule has 0 spiro atoms. The van der Waals surface area contributed by atoms with E-state index in [0.717, 1.165) is 22.6 Å². The van der Waals surface area contributed by atoms with E-state index in [9.17, 15) is 0 Å². The Labute approximate surface area is 279 Å². The average molecular weight is 612 g/mol. The third kappa shape index (κ3) is 4.51. The van der Waals surface area contributed by atoms with Gasteiger partial charge in [0, 0.05) is 33.5 Å². The van der Waals surface area contributed by atoms with Crippen molar-refractivity contribution >= 4 is 55.3 Å². The molecule has 0 aliphatic carbocycles. The van der Waals surface area contributed by atoms with Crippen LogP contribution < -0.4 is 4.90 Å². The molecule has 0 saturated carbocycles. The topological polar surface area (TPSA) is 12.5 Å². The second-order valence-electron chi connectivity index (χ2n) is 12.1. The van der Waals surface area contributed by atoms with Crippen LogP contribution in [0.5, 0.6) is 0 Å². The standard InChI is InChI=1S/C45H29N3/c1-46-35-22-26-39(27-23-35)47(36-10-4-2-5-11-36)38-24-19-32(20-25-38)31-15-17-33(18-16-31)40-29-30-43-45-41(40)28-21-34-9-8-14-42(44(34)45)48(43)37-12-6-3-7-13-37/h2-30H. The maximum Gasteiger partial charge on any atom is 0.187 e. The van der Waals surface area contributed by atoms with Crippen molar-refractivity contribution in [3.05, 3.63) is 187 Å². The first-order chi connectivity index (χ1) is 23.8. The van der Waals surface area contributed by atoms with Gasteiger partial charge in [-0.2, -0.15) is 0 Å². The van der Waals surface area contributed by atoms with Crippen LogP contribution in [0.25, 0.3) is 65.4 Å². The van der Waals surface area contributed by atoms with Crippen LogP contribution in [0.4, 0.5) is 22.7 Å². The molecule has 48 heavy (non-hydrogen) atoms. The summed E-state index contributed by atoms with van der Waals surface area (Å²) in [6.45, 7) is 7.34. The number of anilines is 3. The van der Waals surface area contributed by atoms with E-state index in [0.29, 0.717) is 5.69 Å². The molecule has 0 fully saturated rings. The lowest BCUT2D eigenvalue weighted by molar-refractivity contribution is 1.18. The predicted octanol–water partition coefficient (Wildman–Crippen LogP) is 12.7. The molecule has 8 aromatic carbocycles. The van der Waals surface area contributed by atoms with Crippen molar-refractivity contribution in [1.29, 1.82) is 0 Å². The molecule has 3 nitrogen and oxygen atoms in total. The van der Waals surface area contributed by atoms with Crippen molar-refractivity contribution in [1.82, 2.24) is 4.57 Å². The molecule has 9 aromatic rings. The number of hydrogen-bond donors (Lipinski definition) is 0. The maximum absolute atomic E-state index is 7.34. The van der Waals surface area contributed by atoms with Crippen LogP contribution in [0.15, 0.2) is 176 Å². The zero-order valence-electron chi connectivity index (χ0n) is 26.1. The van der Waals surface area contributed by atoms with E-state index < -0.39 is 0 Å². The summed E-state index contributed by atoms with van der Waals surface area (Å²) in [6, 6.07) is 62.1. The second kappa shape index (κ2) is 11.3. The van der Waals surface area contributed by atoms with E-state index in [4.69, 9.17) is 6.57 Å². The molecule has 1 aromatic heterocycles. The minimum absolute atomic E-state index is 0.634. The number of para-hydroxylation sites is 2. The first-order valence-corrected chi connectivity index (χ1v) is 16.1. The molecule has 0 aliphatic rings. The molecule has 3 heteroatoms. The van der Waals surface area contributed by atoms with E-state index in [1.54, 1.807) is 0 Å². The summed E-state index contributed by atoms with van der Waals surface area (Å²) in [5, 5.41) is 5.17. The Morgan fingerprint density at radius 1 is 0.438 bits per heavy atom. The molecule has 9 rings (SSSR count). The average Bonchev–Trinajstić information content (AvgIpc) is 3.51. The van der Waals surface area contributed by atoms with Crippen molar-refractivity contribution in [3.63, 3.8) is 0 Å². The Morgan fingerprint density at radius 2 is 1.02 bits per heavy atom. The number of benzene rings is 8.